The van der Waals surface area contributed by atoms with Gasteiger partial charge in [-0.3, -0.25) is 4.99 Å². The molecule has 0 aromatic heterocycles. The van der Waals surface area contributed by atoms with Gasteiger partial charge >= 0.3 is 0 Å². The largest absolute Gasteiger partial charge is 0.489 e. The zero-order chi connectivity index (χ0) is 18.3. The van der Waals surface area contributed by atoms with Gasteiger partial charge in [-0.15, -0.1) is 0 Å². The fourth-order valence-corrected chi connectivity index (χ4v) is 2.29. The average molecular weight is 348 g/mol. The van der Waals surface area contributed by atoms with Crippen LogP contribution in [0, 0.1) is 0 Å². The lowest BCUT2D eigenvalue weighted by atomic mass is 10.2. The fourth-order valence-electron chi connectivity index (χ4n) is 2.29. The van der Waals surface area contributed by atoms with Gasteiger partial charge in [-0.1, -0.05) is 30.9 Å². The number of guanidine groups is 1. The SMILES string of the molecule is C=CCOc1ccccc1CNC(=NC)NCCN(C)CCCOC. The molecule has 0 aliphatic heterocycles. The minimum Gasteiger partial charge on any atom is -0.489 e. The molecular weight excluding hydrogens is 316 g/mol. The Morgan fingerprint density at radius 3 is 2.80 bits per heavy atom. The maximum atomic E-state index is 5.68. The van der Waals surface area contributed by atoms with E-state index in [1.54, 1.807) is 20.2 Å². The smallest absolute Gasteiger partial charge is 0.191 e. The summed E-state index contributed by atoms with van der Waals surface area (Å²) in [6, 6.07) is 7.98. The first kappa shape index (κ1) is 21.0. The summed E-state index contributed by atoms with van der Waals surface area (Å²) in [5.74, 6) is 1.65. The summed E-state index contributed by atoms with van der Waals surface area (Å²) in [5, 5.41) is 6.66. The number of methoxy groups -OCH3 is 1. The summed E-state index contributed by atoms with van der Waals surface area (Å²) in [6.07, 6.45) is 2.79. The highest BCUT2D eigenvalue weighted by atomic mass is 16.5. The molecule has 140 valence electrons. The highest BCUT2D eigenvalue weighted by molar-refractivity contribution is 5.79. The maximum absolute atomic E-state index is 5.68. The summed E-state index contributed by atoms with van der Waals surface area (Å²) < 4.78 is 10.7. The first-order valence-electron chi connectivity index (χ1n) is 8.64. The summed E-state index contributed by atoms with van der Waals surface area (Å²) in [5.41, 5.74) is 1.09. The highest BCUT2D eigenvalue weighted by Crippen LogP contribution is 2.17. The topological polar surface area (TPSA) is 58.1 Å². The Kier molecular flexibility index (Phi) is 11.1. The quantitative estimate of drug-likeness (QED) is 0.261. The second-order valence-corrected chi connectivity index (χ2v) is 5.71. The number of benzene rings is 1. The Morgan fingerprint density at radius 1 is 1.28 bits per heavy atom. The van der Waals surface area contributed by atoms with Crippen molar-refractivity contribution in [2.24, 2.45) is 4.99 Å². The molecule has 0 heterocycles. The van der Waals surface area contributed by atoms with E-state index >= 15 is 0 Å². The molecule has 0 amide bonds. The first-order chi connectivity index (χ1) is 12.2. The van der Waals surface area contributed by atoms with Crippen LogP contribution in [0.1, 0.15) is 12.0 Å². The van der Waals surface area contributed by atoms with Gasteiger partial charge in [0.05, 0.1) is 0 Å². The molecule has 6 nitrogen and oxygen atoms in total. The van der Waals surface area contributed by atoms with Crippen LogP contribution >= 0.6 is 0 Å². The van der Waals surface area contributed by atoms with E-state index in [0.29, 0.717) is 13.2 Å². The molecule has 0 aliphatic rings. The van der Waals surface area contributed by atoms with Gasteiger partial charge in [0.25, 0.3) is 0 Å². The number of likely N-dealkylation sites (N-methyl/N-ethyl adjacent to an activating group) is 1. The summed E-state index contributed by atoms with van der Waals surface area (Å²) in [6.45, 7) is 8.43. The number of ether oxygens (including phenoxy) is 2. The van der Waals surface area contributed by atoms with E-state index in [0.717, 1.165) is 49.9 Å². The van der Waals surface area contributed by atoms with E-state index in [1.165, 1.54) is 0 Å². The van der Waals surface area contributed by atoms with Crippen LogP contribution in [-0.2, 0) is 11.3 Å². The molecule has 1 aromatic rings. The molecule has 25 heavy (non-hydrogen) atoms. The van der Waals surface area contributed by atoms with Gasteiger partial charge in [0.1, 0.15) is 12.4 Å². The van der Waals surface area contributed by atoms with E-state index in [1.807, 2.05) is 24.3 Å². The molecule has 6 heteroatoms. The minimum atomic E-state index is 0.499. The van der Waals surface area contributed by atoms with Crippen LogP contribution in [0.25, 0.3) is 0 Å². The number of hydrogen-bond donors (Lipinski definition) is 2. The second kappa shape index (κ2) is 13.3. The minimum absolute atomic E-state index is 0.499. The Morgan fingerprint density at radius 2 is 2.08 bits per heavy atom. The van der Waals surface area contributed by atoms with Crippen molar-refractivity contribution in [3.63, 3.8) is 0 Å². The maximum Gasteiger partial charge on any atom is 0.191 e. The van der Waals surface area contributed by atoms with Gasteiger partial charge < -0.3 is 25.0 Å². The standard InChI is InChI=1S/C19H32N4O2/c1-5-14-25-18-10-7-6-9-17(18)16-22-19(20-2)21-11-13-23(3)12-8-15-24-4/h5-7,9-10H,1,8,11-16H2,2-4H3,(H2,20,21,22). The molecule has 0 saturated heterocycles. The first-order valence-corrected chi connectivity index (χ1v) is 8.64. The third-order valence-corrected chi connectivity index (χ3v) is 3.67. The molecule has 0 fully saturated rings. The Balaban J connectivity index is 2.36. The van der Waals surface area contributed by atoms with Crippen LogP contribution in [0.2, 0.25) is 0 Å². The van der Waals surface area contributed by atoms with Crippen molar-refractivity contribution in [2.75, 3.05) is 54.1 Å². The van der Waals surface area contributed by atoms with Gasteiger partial charge in [0.2, 0.25) is 0 Å². The lowest BCUT2D eigenvalue weighted by molar-refractivity contribution is 0.180. The number of para-hydroxylation sites is 1. The van der Waals surface area contributed by atoms with Crippen molar-refractivity contribution < 1.29 is 9.47 Å². The van der Waals surface area contributed by atoms with Gasteiger partial charge in [0.15, 0.2) is 5.96 Å². The zero-order valence-electron chi connectivity index (χ0n) is 15.8. The normalized spacial score (nSPS) is 11.4. The van der Waals surface area contributed by atoms with Crippen LogP contribution in [0.5, 0.6) is 5.75 Å². The van der Waals surface area contributed by atoms with E-state index < -0.39 is 0 Å². The van der Waals surface area contributed by atoms with E-state index in [-0.39, 0.29) is 0 Å². The van der Waals surface area contributed by atoms with Crippen molar-refractivity contribution in [3.8, 4) is 5.75 Å². The Hall–Kier alpha value is -2.05. The van der Waals surface area contributed by atoms with Crippen molar-refractivity contribution >= 4 is 5.96 Å². The Bertz CT molecular complexity index is 520. The molecule has 2 N–H and O–H groups in total. The van der Waals surface area contributed by atoms with E-state index in [4.69, 9.17) is 9.47 Å². The van der Waals surface area contributed by atoms with E-state index in [9.17, 15) is 0 Å². The molecule has 0 spiro atoms. The van der Waals surface area contributed by atoms with Gasteiger partial charge in [-0.2, -0.15) is 0 Å². The lowest BCUT2D eigenvalue weighted by Crippen LogP contribution is -2.40. The van der Waals surface area contributed by atoms with Crippen LogP contribution < -0.4 is 15.4 Å². The molecule has 0 aliphatic carbocycles. The molecular formula is C19H32N4O2. The van der Waals surface area contributed by atoms with Crippen LogP contribution in [-0.4, -0.2) is 64.9 Å². The van der Waals surface area contributed by atoms with Crippen molar-refractivity contribution in [3.05, 3.63) is 42.5 Å². The summed E-state index contributed by atoms with van der Waals surface area (Å²) in [4.78, 5) is 6.54. The fraction of sp³-hybridized carbons (Fsp3) is 0.526. The number of aliphatic imine (C=N–C) groups is 1. The molecule has 0 saturated carbocycles. The molecule has 1 aromatic carbocycles. The van der Waals surface area contributed by atoms with Crippen LogP contribution in [0.4, 0.5) is 0 Å². The lowest BCUT2D eigenvalue weighted by Gasteiger charge is -2.18. The summed E-state index contributed by atoms with van der Waals surface area (Å²) >= 11 is 0. The number of nitrogens with zero attached hydrogens (tertiary/aromatic N) is 2. The average Bonchev–Trinajstić information content (AvgIpc) is 2.63. The second-order valence-electron chi connectivity index (χ2n) is 5.71. The number of rotatable bonds is 12. The number of nitrogens with one attached hydrogen (secondary N) is 2. The Labute approximate surface area is 151 Å². The van der Waals surface area contributed by atoms with Gasteiger partial charge in [0, 0.05) is 52.5 Å². The molecule has 0 unspecified atom stereocenters. The van der Waals surface area contributed by atoms with Crippen molar-refractivity contribution in [2.45, 2.75) is 13.0 Å². The molecule has 0 atom stereocenters. The van der Waals surface area contributed by atoms with Crippen LogP contribution in [0.15, 0.2) is 41.9 Å². The molecule has 0 radical (unpaired) electrons. The third kappa shape index (κ3) is 9.12. The van der Waals surface area contributed by atoms with Crippen LogP contribution in [0.3, 0.4) is 0 Å². The van der Waals surface area contributed by atoms with Gasteiger partial charge in [-0.25, -0.2) is 0 Å². The summed E-state index contributed by atoms with van der Waals surface area (Å²) in [7, 11) is 5.62. The highest BCUT2D eigenvalue weighted by Gasteiger charge is 2.04. The van der Waals surface area contributed by atoms with E-state index in [2.05, 4.69) is 34.2 Å². The molecule has 0 bridgehead atoms. The molecule has 1 rings (SSSR count). The monoisotopic (exact) mass is 348 g/mol. The number of hydrogen-bond acceptors (Lipinski definition) is 4. The third-order valence-electron chi connectivity index (χ3n) is 3.67. The zero-order valence-corrected chi connectivity index (χ0v) is 15.8. The van der Waals surface area contributed by atoms with Crippen molar-refractivity contribution in [1.29, 1.82) is 0 Å². The predicted octanol–water partition coefficient (Wildman–Crippen LogP) is 1.88. The predicted molar refractivity (Wildman–Crippen MR) is 104 cm³/mol. The van der Waals surface area contributed by atoms with Gasteiger partial charge in [-0.05, 0) is 19.5 Å². The van der Waals surface area contributed by atoms with Crippen molar-refractivity contribution in [1.82, 2.24) is 15.5 Å².